The van der Waals surface area contributed by atoms with E-state index in [1.807, 2.05) is 12.1 Å². The van der Waals surface area contributed by atoms with Gasteiger partial charge in [0.05, 0.1) is 0 Å². The van der Waals surface area contributed by atoms with Gasteiger partial charge in [-0.15, -0.1) is 0 Å². The molecule has 3 heteroatoms. The van der Waals surface area contributed by atoms with Crippen molar-refractivity contribution in [2.24, 2.45) is 5.92 Å². The fourth-order valence-electron chi connectivity index (χ4n) is 3.36. The number of nitrogens with one attached hydrogen (secondary N) is 1. The number of hydrogen-bond donors (Lipinski definition) is 1. The summed E-state index contributed by atoms with van der Waals surface area (Å²) in [5, 5.41) is 4.35. The standard InChI is InChI=1S/C18H29ClN2/c1-14(2)21(13-17-5-4-10-20-12-17)15(3)11-16-6-8-18(19)9-7-16/h6-9,14-15,17,20H,4-5,10-13H2,1-3H3. The molecule has 1 aromatic rings. The van der Waals surface area contributed by atoms with Crippen molar-refractivity contribution in [3.63, 3.8) is 0 Å². The van der Waals surface area contributed by atoms with Crippen LogP contribution in [0.4, 0.5) is 0 Å². The smallest absolute Gasteiger partial charge is 0.0406 e. The predicted molar refractivity (Wildman–Crippen MR) is 92.1 cm³/mol. The van der Waals surface area contributed by atoms with Gasteiger partial charge in [0.2, 0.25) is 0 Å². The van der Waals surface area contributed by atoms with Crippen molar-refractivity contribution in [2.75, 3.05) is 19.6 Å². The van der Waals surface area contributed by atoms with Crippen molar-refractivity contribution < 1.29 is 0 Å². The summed E-state index contributed by atoms with van der Waals surface area (Å²) in [7, 11) is 0. The zero-order valence-electron chi connectivity index (χ0n) is 13.6. The Kier molecular flexibility index (Phi) is 6.53. The number of hydrogen-bond acceptors (Lipinski definition) is 2. The number of nitrogens with zero attached hydrogens (tertiary/aromatic N) is 1. The molecule has 0 spiro atoms. The first kappa shape index (κ1) is 16.8. The fourth-order valence-corrected chi connectivity index (χ4v) is 3.48. The molecule has 2 rings (SSSR count). The third kappa shape index (κ3) is 5.28. The molecule has 1 heterocycles. The molecule has 1 N–H and O–H groups in total. The molecule has 1 saturated heterocycles. The van der Waals surface area contributed by atoms with Gasteiger partial charge in [-0.3, -0.25) is 4.90 Å². The van der Waals surface area contributed by atoms with Gasteiger partial charge in [0.25, 0.3) is 0 Å². The highest BCUT2D eigenvalue weighted by atomic mass is 35.5. The fraction of sp³-hybridized carbons (Fsp3) is 0.667. The van der Waals surface area contributed by atoms with Crippen LogP contribution in [0.2, 0.25) is 5.02 Å². The lowest BCUT2D eigenvalue weighted by atomic mass is 9.96. The van der Waals surface area contributed by atoms with Crippen molar-refractivity contribution >= 4 is 11.6 Å². The molecule has 1 aliphatic rings. The Bertz CT molecular complexity index is 410. The number of piperidine rings is 1. The van der Waals surface area contributed by atoms with Gasteiger partial charge >= 0.3 is 0 Å². The molecule has 1 fully saturated rings. The van der Waals surface area contributed by atoms with Gasteiger partial charge in [-0.2, -0.15) is 0 Å². The molecule has 0 amide bonds. The maximum atomic E-state index is 5.97. The molecule has 0 radical (unpaired) electrons. The highest BCUT2D eigenvalue weighted by Gasteiger charge is 2.22. The molecular formula is C18H29ClN2. The molecule has 0 bridgehead atoms. The Morgan fingerprint density at radius 3 is 2.52 bits per heavy atom. The Hall–Kier alpha value is -0.570. The van der Waals surface area contributed by atoms with Crippen LogP contribution in [0.5, 0.6) is 0 Å². The first-order chi connectivity index (χ1) is 10.1. The van der Waals surface area contributed by atoms with Gasteiger partial charge < -0.3 is 5.32 Å². The van der Waals surface area contributed by atoms with Gasteiger partial charge in [-0.1, -0.05) is 23.7 Å². The van der Waals surface area contributed by atoms with Crippen LogP contribution in [0.25, 0.3) is 0 Å². The van der Waals surface area contributed by atoms with Crippen LogP contribution in [-0.2, 0) is 6.42 Å². The van der Waals surface area contributed by atoms with Crippen molar-refractivity contribution in [1.82, 2.24) is 10.2 Å². The minimum absolute atomic E-state index is 0.563. The third-order valence-corrected chi connectivity index (χ3v) is 4.79. The second kappa shape index (κ2) is 8.17. The van der Waals surface area contributed by atoms with Crippen molar-refractivity contribution in [2.45, 2.75) is 52.1 Å². The first-order valence-electron chi connectivity index (χ1n) is 8.27. The van der Waals surface area contributed by atoms with Crippen molar-refractivity contribution in [1.29, 1.82) is 0 Å². The van der Waals surface area contributed by atoms with Crippen LogP contribution < -0.4 is 5.32 Å². The van der Waals surface area contributed by atoms with E-state index >= 15 is 0 Å². The first-order valence-corrected chi connectivity index (χ1v) is 8.65. The molecule has 0 aromatic heterocycles. The summed E-state index contributed by atoms with van der Waals surface area (Å²) in [5.41, 5.74) is 1.37. The monoisotopic (exact) mass is 308 g/mol. The molecule has 2 nitrogen and oxygen atoms in total. The van der Waals surface area contributed by atoms with Crippen LogP contribution in [0.3, 0.4) is 0 Å². The van der Waals surface area contributed by atoms with Crippen molar-refractivity contribution in [3.05, 3.63) is 34.9 Å². The van der Waals surface area contributed by atoms with Gasteiger partial charge in [0.1, 0.15) is 0 Å². The molecule has 1 aromatic carbocycles. The molecule has 0 saturated carbocycles. The molecular weight excluding hydrogens is 280 g/mol. The van der Waals surface area contributed by atoms with Gasteiger partial charge in [0.15, 0.2) is 0 Å². The van der Waals surface area contributed by atoms with E-state index in [-0.39, 0.29) is 0 Å². The molecule has 21 heavy (non-hydrogen) atoms. The van der Waals surface area contributed by atoms with E-state index < -0.39 is 0 Å². The lowest BCUT2D eigenvalue weighted by Crippen LogP contribution is -2.46. The summed E-state index contributed by atoms with van der Waals surface area (Å²) >= 11 is 5.97. The average molecular weight is 309 g/mol. The summed E-state index contributed by atoms with van der Waals surface area (Å²) in [6.45, 7) is 10.6. The number of benzene rings is 1. The van der Waals surface area contributed by atoms with Gasteiger partial charge in [-0.25, -0.2) is 0 Å². The second-order valence-corrected chi connectivity index (χ2v) is 7.12. The average Bonchev–Trinajstić information content (AvgIpc) is 2.48. The largest absolute Gasteiger partial charge is 0.316 e. The lowest BCUT2D eigenvalue weighted by molar-refractivity contribution is 0.126. The highest BCUT2D eigenvalue weighted by Crippen LogP contribution is 2.19. The zero-order valence-corrected chi connectivity index (χ0v) is 14.4. The topological polar surface area (TPSA) is 15.3 Å². The van der Waals surface area contributed by atoms with Gasteiger partial charge in [-0.05, 0) is 76.7 Å². The van der Waals surface area contributed by atoms with Crippen LogP contribution in [0.1, 0.15) is 39.2 Å². The van der Waals surface area contributed by atoms with Crippen LogP contribution in [0, 0.1) is 5.92 Å². The van der Waals surface area contributed by atoms with E-state index in [1.54, 1.807) is 0 Å². The zero-order chi connectivity index (χ0) is 15.2. The quantitative estimate of drug-likeness (QED) is 0.855. The van der Waals surface area contributed by atoms with E-state index in [0.717, 1.165) is 17.4 Å². The van der Waals surface area contributed by atoms with E-state index in [1.165, 1.54) is 38.0 Å². The predicted octanol–water partition coefficient (Wildman–Crippen LogP) is 3.98. The Morgan fingerprint density at radius 1 is 1.24 bits per heavy atom. The van der Waals surface area contributed by atoms with Gasteiger partial charge in [0, 0.05) is 23.7 Å². The molecule has 2 atom stereocenters. The van der Waals surface area contributed by atoms with Crippen LogP contribution in [-0.4, -0.2) is 36.6 Å². The minimum atomic E-state index is 0.563. The van der Waals surface area contributed by atoms with E-state index in [2.05, 4.69) is 43.1 Å². The summed E-state index contributed by atoms with van der Waals surface area (Å²) in [6.07, 6.45) is 3.78. The highest BCUT2D eigenvalue weighted by molar-refractivity contribution is 6.30. The molecule has 2 unspecified atom stereocenters. The Balaban J connectivity index is 1.94. The maximum absolute atomic E-state index is 5.97. The SMILES string of the molecule is CC(C)N(CC1CCCNC1)C(C)Cc1ccc(Cl)cc1. The molecule has 118 valence electrons. The summed E-state index contributed by atoms with van der Waals surface area (Å²) in [6, 6.07) is 9.45. The Morgan fingerprint density at radius 2 is 1.95 bits per heavy atom. The minimum Gasteiger partial charge on any atom is -0.316 e. The second-order valence-electron chi connectivity index (χ2n) is 6.68. The molecule has 1 aliphatic heterocycles. The maximum Gasteiger partial charge on any atom is 0.0406 e. The Labute approximate surface area is 134 Å². The van der Waals surface area contributed by atoms with E-state index in [9.17, 15) is 0 Å². The van der Waals surface area contributed by atoms with Crippen LogP contribution in [0.15, 0.2) is 24.3 Å². The normalized spacial score (nSPS) is 21.0. The van der Waals surface area contributed by atoms with E-state index in [4.69, 9.17) is 11.6 Å². The summed E-state index contributed by atoms with van der Waals surface area (Å²) in [5.74, 6) is 0.800. The van der Waals surface area contributed by atoms with Crippen molar-refractivity contribution in [3.8, 4) is 0 Å². The lowest BCUT2D eigenvalue weighted by Gasteiger charge is -2.37. The molecule has 0 aliphatic carbocycles. The van der Waals surface area contributed by atoms with Crippen LogP contribution >= 0.6 is 11.6 Å². The number of rotatable bonds is 6. The summed E-state index contributed by atoms with van der Waals surface area (Å²) in [4.78, 5) is 2.66. The van der Waals surface area contributed by atoms with E-state index in [0.29, 0.717) is 12.1 Å². The summed E-state index contributed by atoms with van der Waals surface area (Å²) < 4.78 is 0. The number of halogens is 1. The third-order valence-electron chi connectivity index (χ3n) is 4.54.